The number of nitrogens with two attached hydrogens (primary N) is 1. The van der Waals surface area contributed by atoms with Crippen molar-refractivity contribution in [2.75, 3.05) is 5.73 Å². The molecule has 4 rings (SSSR count). The van der Waals surface area contributed by atoms with Crippen LogP contribution in [0.1, 0.15) is 16.7 Å². The number of rotatable bonds is 4. The van der Waals surface area contributed by atoms with Crippen molar-refractivity contribution in [3.8, 4) is 28.7 Å². The summed E-state index contributed by atoms with van der Waals surface area (Å²) >= 11 is 0. The number of carbonyl (C=O) groups excluding carboxylic acids is 2. The Morgan fingerprint density at radius 1 is 1.00 bits per heavy atom. The minimum Gasteiger partial charge on any atom is -0.368 e. The average Bonchev–Trinajstić information content (AvgIpc) is 3.24. The summed E-state index contributed by atoms with van der Waals surface area (Å²) in [7, 11) is 0. The first-order valence-electron chi connectivity index (χ1n) is 9.13. The van der Waals surface area contributed by atoms with Crippen LogP contribution in [-0.4, -0.2) is 31.1 Å². The van der Waals surface area contributed by atoms with Crippen molar-refractivity contribution in [3.63, 3.8) is 0 Å². The van der Waals surface area contributed by atoms with Gasteiger partial charge in [0.05, 0.1) is 35.8 Å². The molecule has 4 aromatic rings. The number of nitriles is 1. The first-order valence-corrected chi connectivity index (χ1v) is 9.13. The zero-order chi connectivity index (χ0) is 22.2. The summed E-state index contributed by atoms with van der Waals surface area (Å²) < 4.78 is 1.77. The van der Waals surface area contributed by atoms with Gasteiger partial charge in [0.1, 0.15) is 5.69 Å². The zero-order valence-electron chi connectivity index (χ0n) is 16.6. The molecule has 0 fully saturated rings. The van der Waals surface area contributed by atoms with Crippen LogP contribution >= 0.6 is 0 Å². The Balaban J connectivity index is 0.000000858. The second kappa shape index (κ2) is 9.69. The standard InChI is InChI=1S/C21H17N7.CO2/c1-14-5-2-3-7-17(14)12-28-13-20(26-27-28)19-10-18(24-21(23)25-19)16-8-4-6-15(9-16)11-22;2-1-3/h2-10,13H,12H2,1H3,(H2,23,24,25);. The second-order valence-electron chi connectivity index (χ2n) is 6.50. The van der Waals surface area contributed by atoms with Gasteiger partial charge < -0.3 is 5.73 Å². The summed E-state index contributed by atoms with van der Waals surface area (Å²) in [5.74, 6) is 0.142. The Labute approximate surface area is 177 Å². The number of anilines is 1. The van der Waals surface area contributed by atoms with Crippen LogP contribution in [0.3, 0.4) is 0 Å². The molecule has 0 atom stereocenters. The van der Waals surface area contributed by atoms with Crippen LogP contribution in [0.25, 0.3) is 22.6 Å². The molecule has 9 heteroatoms. The number of nitrogen functional groups attached to an aromatic ring is 1. The van der Waals surface area contributed by atoms with E-state index in [9.17, 15) is 0 Å². The molecule has 0 aliphatic heterocycles. The predicted molar refractivity (Wildman–Crippen MR) is 111 cm³/mol. The van der Waals surface area contributed by atoms with Crippen molar-refractivity contribution in [1.29, 1.82) is 5.26 Å². The summed E-state index contributed by atoms with van der Waals surface area (Å²) in [4.78, 5) is 24.8. The van der Waals surface area contributed by atoms with Crippen molar-refractivity contribution >= 4 is 12.1 Å². The Hall–Kier alpha value is -4.67. The minimum atomic E-state index is 0.142. The molecule has 2 N–H and O–H groups in total. The molecule has 31 heavy (non-hydrogen) atoms. The molecule has 152 valence electrons. The predicted octanol–water partition coefficient (Wildman–Crippen LogP) is 2.63. The fourth-order valence-corrected chi connectivity index (χ4v) is 2.95. The van der Waals surface area contributed by atoms with Crippen LogP contribution in [0.4, 0.5) is 5.95 Å². The lowest BCUT2D eigenvalue weighted by molar-refractivity contribution is -0.191. The van der Waals surface area contributed by atoms with Crippen LogP contribution in [0, 0.1) is 18.3 Å². The van der Waals surface area contributed by atoms with Crippen LogP contribution in [-0.2, 0) is 16.1 Å². The Morgan fingerprint density at radius 3 is 2.48 bits per heavy atom. The fourth-order valence-electron chi connectivity index (χ4n) is 2.95. The summed E-state index contributed by atoms with van der Waals surface area (Å²) in [6, 6.07) is 19.3. The van der Waals surface area contributed by atoms with Crippen LogP contribution in [0.15, 0.2) is 60.8 Å². The lowest BCUT2D eigenvalue weighted by Crippen LogP contribution is -2.02. The lowest BCUT2D eigenvalue weighted by atomic mass is 10.1. The van der Waals surface area contributed by atoms with Gasteiger partial charge in [-0.1, -0.05) is 41.6 Å². The Bertz CT molecular complexity index is 1290. The lowest BCUT2D eigenvalue weighted by Gasteiger charge is -2.05. The van der Waals surface area contributed by atoms with Gasteiger partial charge >= 0.3 is 6.15 Å². The number of aryl methyl sites for hydroxylation is 1. The van der Waals surface area contributed by atoms with Crippen molar-refractivity contribution in [2.24, 2.45) is 0 Å². The molecule has 0 saturated carbocycles. The van der Waals surface area contributed by atoms with E-state index >= 15 is 0 Å². The molecule has 2 aromatic carbocycles. The van der Waals surface area contributed by atoms with Gasteiger partial charge in [0.15, 0.2) is 0 Å². The average molecular weight is 411 g/mol. The van der Waals surface area contributed by atoms with Gasteiger partial charge in [0.2, 0.25) is 5.95 Å². The smallest absolute Gasteiger partial charge is 0.368 e. The molecule has 9 nitrogen and oxygen atoms in total. The van der Waals surface area contributed by atoms with Crippen LogP contribution in [0.2, 0.25) is 0 Å². The summed E-state index contributed by atoms with van der Waals surface area (Å²) in [5, 5.41) is 17.6. The zero-order valence-corrected chi connectivity index (χ0v) is 16.6. The van der Waals surface area contributed by atoms with Gasteiger partial charge in [-0.05, 0) is 36.2 Å². The highest BCUT2D eigenvalue weighted by Gasteiger charge is 2.11. The monoisotopic (exact) mass is 411 g/mol. The van der Waals surface area contributed by atoms with Gasteiger partial charge in [-0.3, -0.25) is 0 Å². The topological polar surface area (TPSA) is 140 Å². The molecule has 0 unspecified atom stereocenters. The van der Waals surface area contributed by atoms with E-state index in [0.29, 0.717) is 29.2 Å². The Kier molecular flexibility index (Phi) is 6.58. The van der Waals surface area contributed by atoms with E-state index in [1.807, 2.05) is 30.5 Å². The first-order chi connectivity index (χ1) is 15.0. The summed E-state index contributed by atoms with van der Waals surface area (Å²) in [6.45, 7) is 2.69. The van der Waals surface area contributed by atoms with E-state index in [-0.39, 0.29) is 12.1 Å². The van der Waals surface area contributed by atoms with Crippen molar-refractivity contribution in [3.05, 3.63) is 77.5 Å². The number of hydrogen-bond acceptors (Lipinski definition) is 8. The first kappa shape index (κ1) is 21.0. The maximum absolute atomic E-state index is 9.11. The van der Waals surface area contributed by atoms with E-state index in [0.717, 1.165) is 5.56 Å². The molecule has 0 amide bonds. The number of hydrogen-bond donors (Lipinski definition) is 1. The molecule has 0 radical (unpaired) electrons. The van der Waals surface area contributed by atoms with E-state index in [4.69, 9.17) is 20.6 Å². The van der Waals surface area contributed by atoms with E-state index < -0.39 is 0 Å². The number of aromatic nitrogens is 5. The molecule has 0 aliphatic rings. The maximum Gasteiger partial charge on any atom is 0.373 e. The second-order valence-corrected chi connectivity index (χ2v) is 6.50. The molecule has 0 saturated heterocycles. The third kappa shape index (κ3) is 5.23. The van der Waals surface area contributed by atoms with Gasteiger partial charge in [-0.15, -0.1) is 5.10 Å². The van der Waals surface area contributed by atoms with Crippen LogP contribution in [0.5, 0.6) is 0 Å². The van der Waals surface area contributed by atoms with E-state index in [1.54, 1.807) is 22.9 Å². The summed E-state index contributed by atoms with van der Waals surface area (Å²) in [5.41, 5.74) is 11.5. The maximum atomic E-state index is 9.11. The van der Waals surface area contributed by atoms with Gasteiger partial charge in [-0.2, -0.15) is 14.9 Å². The fraction of sp³-hybridized carbons (Fsp3) is 0.0909. The molecule has 0 spiro atoms. The van der Waals surface area contributed by atoms with Gasteiger partial charge in [0, 0.05) is 5.56 Å². The molecule has 2 heterocycles. The largest absolute Gasteiger partial charge is 0.373 e. The van der Waals surface area contributed by atoms with Crippen molar-refractivity contribution < 1.29 is 9.59 Å². The third-order valence-electron chi connectivity index (χ3n) is 4.43. The molecular weight excluding hydrogens is 394 g/mol. The van der Waals surface area contributed by atoms with E-state index in [2.05, 4.69) is 45.4 Å². The highest BCUT2D eigenvalue weighted by molar-refractivity contribution is 5.68. The quantitative estimate of drug-likeness (QED) is 0.540. The van der Waals surface area contributed by atoms with Crippen molar-refractivity contribution in [1.82, 2.24) is 25.0 Å². The van der Waals surface area contributed by atoms with Gasteiger partial charge in [-0.25, -0.2) is 14.6 Å². The van der Waals surface area contributed by atoms with Crippen molar-refractivity contribution in [2.45, 2.75) is 13.5 Å². The molecular formula is C22H17N7O2. The molecule has 0 aliphatic carbocycles. The number of nitrogens with zero attached hydrogens (tertiary/aromatic N) is 6. The third-order valence-corrected chi connectivity index (χ3v) is 4.43. The SMILES string of the molecule is Cc1ccccc1Cn1cc(-c2cc(-c3cccc(C#N)c3)nc(N)n2)nn1.O=C=O. The molecule has 0 bridgehead atoms. The Morgan fingerprint density at radius 2 is 1.74 bits per heavy atom. The summed E-state index contributed by atoms with van der Waals surface area (Å²) in [6.07, 6.45) is 2.09. The van der Waals surface area contributed by atoms with E-state index in [1.165, 1.54) is 11.1 Å². The minimum absolute atomic E-state index is 0.142. The normalized spacial score (nSPS) is 9.81. The highest BCUT2D eigenvalue weighted by Crippen LogP contribution is 2.24. The molecule has 2 aromatic heterocycles. The van der Waals surface area contributed by atoms with Gasteiger partial charge in [0.25, 0.3) is 0 Å². The highest BCUT2D eigenvalue weighted by atomic mass is 16.2. The van der Waals surface area contributed by atoms with Crippen LogP contribution < -0.4 is 5.73 Å². The number of benzene rings is 2.